The summed E-state index contributed by atoms with van der Waals surface area (Å²) in [5.74, 6) is 2.64. The number of terminal acetylenes is 1. The molecule has 0 aromatic rings. The fourth-order valence-electron chi connectivity index (χ4n) is 0.155. The zero-order valence-corrected chi connectivity index (χ0v) is 5.09. The van der Waals surface area contributed by atoms with E-state index >= 15 is 0 Å². The summed E-state index contributed by atoms with van der Waals surface area (Å²) in [5.41, 5.74) is 0. The van der Waals surface area contributed by atoms with Gasteiger partial charge in [0, 0.05) is 11.8 Å². The third kappa shape index (κ3) is 4.04. The molecule has 34 valence electrons. The maximum absolute atomic E-state index is 6.40. The van der Waals surface area contributed by atoms with Crippen LogP contribution in [0, 0.1) is 12.3 Å². The average molecular weight is 148 g/mol. The van der Waals surface area contributed by atoms with Gasteiger partial charge >= 0.3 is 0 Å². The molecule has 0 fully saturated rings. The molecule has 0 heterocycles. The van der Waals surface area contributed by atoms with Gasteiger partial charge < -0.3 is 0 Å². The second-order valence-corrected chi connectivity index (χ2v) is 1.76. The van der Waals surface area contributed by atoms with Crippen molar-refractivity contribution in [3.8, 4) is 12.3 Å². The molecular formula is C5H7Br. The molecule has 6 heavy (non-hydrogen) atoms. The number of hydrogen-bond donors (Lipinski definition) is 0. The zero-order chi connectivity index (χ0) is 5.54. The van der Waals surface area contributed by atoms with Gasteiger partial charge in [-0.15, -0.1) is 12.3 Å². The minimum Gasteiger partial charge on any atom is -0.120 e. The SMILES string of the molecule is [2H]C#CCCCBr. The van der Waals surface area contributed by atoms with Gasteiger partial charge in [-0.2, -0.15) is 0 Å². The molecule has 0 aromatic heterocycles. The highest BCUT2D eigenvalue weighted by Gasteiger charge is 1.73. The molecule has 0 aliphatic heterocycles. The van der Waals surface area contributed by atoms with Crippen molar-refractivity contribution in [3.63, 3.8) is 0 Å². The lowest BCUT2D eigenvalue weighted by Gasteiger charge is -1.78. The predicted molar refractivity (Wildman–Crippen MR) is 31.9 cm³/mol. The molecule has 0 N–H and O–H groups in total. The predicted octanol–water partition coefficient (Wildman–Crippen LogP) is 1.79. The topological polar surface area (TPSA) is 0 Å². The Labute approximate surface area is 48.5 Å². The van der Waals surface area contributed by atoms with E-state index in [9.17, 15) is 0 Å². The normalized spacial score (nSPS) is 8.50. The van der Waals surface area contributed by atoms with Gasteiger partial charge in [-0.25, -0.2) is 0 Å². The van der Waals surface area contributed by atoms with Crippen LogP contribution in [0.25, 0.3) is 0 Å². The molecule has 0 atom stereocenters. The fraction of sp³-hybridized carbons (Fsp3) is 0.600. The van der Waals surface area contributed by atoms with Gasteiger partial charge in [-0.05, 0) is 6.42 Å². The van der Waals surface area contributed by atoms with Crippen LogP contribution in [0.1, 0.15) is 14.2 Å². The molecule has 0 radical (unpaired) electrons. The number of unbranched alkanes of at least 4 members (excludes halogenated alkanes) is 1. The maximum atomic E-state index is 6.40. The van der Waals surface area contributed by atoms with Crippen LogP contribution in [0.3, 0.4) is 0 Å². The Morgan fingerprint density at radius 3 is 3.33 bits per heavy atom. The summed E-state index contributed by atoms with van der Waals surface area (Å²) in [7, 11) is 0. The minimum atomic E-state index is 0.842. The van der Waals surface area contributed by atoms with E-state index in [1.165, 1.54) is 0 Å². The first-order chi connectivity index (χ1) is 3.41. The van der Waals surface area contributed by atoms with E-state index in [0.29, 0.717) is 0 Å². The Morgan fingerprint density at radius 1 is 2.00 bits per heavy atom. The van der Waals surface area contributed by atoms with Gasteiger partial charge in [0.15, 0.2) is 0 Å². The lowest BCUT2D eigenvalue weighted by molar-refractivity contribution is 1.01. The van der Waals surface area contributed by atoms with E-state index in [4.69, 9.17) is 1.37 Å². The first-order valence-electron chi connectivity index (χ1n) is 2.37. The molecule has 0 amide bonds. The summed E-state index contributed by atoms with van der Waals surface area (Å²) in [6.45, 7) is 0. The smallest absolute Gasteiger partial charge is 0.120 e. The Morgan fingerprint density at radius 2 is 2.83 bits per heavy atom. The summed E-state index contributed by atoms with van der Waals surface area (Å²) in [6, 6.07) is 0. The van der Waals surface area contributed by atoms with Crippen molar-refractivity contribution in [1.29, 1.82) is 0 Å². The summed E-state index contributed by atoms with van der Waals surface area (Å²) < 4.78 is 6.40. The van der Waals surface area contributed by atoms with Crippen LogP contribution in [0.2, 0.25) is 0 Å². The highest BCUT2D eigenvalue weighted by Crippen LogP contribution is 1.89. The first-order valence-corrected chi connectivity index (χ1v) is 2.99. The Kier molecular flexibility index (Phi) is 3.53. The molecule has 0 aliphatic rings. The molecule has 0 saturated heterocycles. The molecule has 0 saturated carbocycles. The maximum Gasteiger partial charge on any atom is 0.124 e. The summed E-state index contributed by atoms with van der Waals surface area (Å²) in [6.07, 6.45) is 3.97. The summed E-state index contributed by atoms with van der Waals surface area (Å²) in [4.78, 5) is 0. The van der Waals surface area contributed by atoms with Crippen LogP contribution in [0.4, 0.5) is 0 Å². The molecule has 0 rings (SSSR count). The number of hydrogen-bond acceptors (Lipinski definition) is 0. The standard InChI is InChI=1S/C5H7Br/c1-2-3-4-5-6/h1H,3-5H2/i1D. The molecule has 0 spiro atoms. The van der Waals surface area contributed by atoms with Crippen molar-refractivity contribution in [2.24, 2.45) is 0 Å². The number of alkyl halides is 1. The van der Waals surface area contributed by atoms with Crippen LogP contribution in [-0.4, -0.2) is 5.33 Å². The Hall–Kier alpha value is 0.0400. The Balaban J connectivity index is 2.78. The van der Waals surface area contributed by atoms with E-state index in [2.05, 4.69) is 28.2 Å². The van der Waals surface area contributed by atoms with Crippen LogP contribution in [-0.2, 0) is 0 Å². The fourth-order valence-corrected chi connectivity index (χ4v) is 0.436. The lowest BCUT2D eigenvalue weighted by atomic mass is 10.4. The van der Waals surface area contributed by atoms with Crippen molar-refractivity contribution in [2.45, 2.75) is 12.8 Å². The zero-order valence-electron chi connectivity index (χ0n) is 4.50. The van der Waals surface area contributed by atoms with E-state index in [1.807, 2.05) is 0 Å². The van der Waals surface area contributed by atoms with Crippen molar-refractivity contribution in [1.82, 2.24) is 0 Å². The second kappa shape index (κ2) is 5.04. The molecule has 0 aromatic carbocycles. The number of rotatable bonds is 2. The monoisotopic (exact) mass is 147 g/mol. The average Bonchev–Trinajstić information content (AvgIpc) is 1.69. The van der Waals surface area contributed by atoms with Crippen molar-refractivity contribution < 1.29 is 1.37 Å². The third-order valence-corrected chi connectivity index (χ3v) is 0.996. The van der Waals surface area contributed by atoms with E-state index < -0.39 is 0 Å². The molecule has 0 nitrogen and oxygen atoms in total. The number of halogens is 1. The summed E-state index contributed by atoms with van der Waals surface area (Å²) in [5, 5.41) is 0.988. The third-order valence-electron chi connectivity index (χ3n) is 0.435. The summed E-state index contributed by atoms with van der Waals surface area (Å²) >= 11 is 3.25. The van der Waals surface area contributed by atoms with Gasteiger partial charge in [0.05, 0.1) is 0 Å². The van der Waals surface area contributed by atoms with Crippen molar-refractivity contribution >= 4 is 15.9 Å². The van der Waals surface area contributed by atoms with Crippen molar-refractivity contribution in [3.05, 3.63) is 0 Å². The van der Waals surface area contributed by atoms with E-state index in [0.717, 1.165) is 18.2 Å². The van der Waals surface area contributed by atoms with Gasteiger partial charge in [0.2, 0.25) is 0 Å². The van der Waals surface area contributed by atoms with Gasteiger partial charge in [0.25, 0.3) is 0 Å². The molecule has 0 bridgehead atoms. The van der Waals surface area contributed by atoms with E-state index in [-0.39, 0.29) is 0 Å². The van der Waals surface area contributed by atoms with Crippen LogP contribution in [0.15, 0.2) is 0 Å². The molecule has 0 unspecified atom stereocenters. The minimum absolute atomic E-state index is 0.842. The quantitative estimate of drug-likeness (QED) is 0.318. The van der Waals surface area contributed by atoms with E-state index in [1.54, 1.807) is 0 Å². The van der Waals surface area contributed by atoms with Gasteiger partial charge in [-0.1, -0.05) is 15.9 Å². The first kappa shape index (κ1) is 4.21. The second-order valence-electron chi connectivity index (χ2n) is 0.969. The molecule has 0 aliphatic carbocycles. The molecule has 1 heteroatoms. The van der Waals surface area contributed by atoms with Crippen LogP contribution in [0.5, 0.6) is 0 Å². The highest BCUT2D eigenvalue weighted by atomic mass is 79.9. The molecular weight excluding hydrogens is 140 g/mol. The van der Waals surface area contributed by atoms with Gasteiger partial charge in [0.1, 0.15) is 1.37 Å². The lowest BCUT2D eigenvalue weighted by Crippen LogP contribution is -1.67. The van der Waals surface area contributed by atoms with Gasteiger partial charge in [-0.3, -0.25) is 0 Å². The Bertz CT molecular complexity index is 79.8. The highest BCUT2D eigenvalue weighted by molar-refractivity contribution is 9.09. The van der Waals surface area contributed by atoms with Crippen molar-refractivity contribution in [2.75, 3.05) is 5.33 Å². The van der Waals surface area contributed by atoms with Crippen LogP contribution >= 0.6 is 15.9 Å². The largest absolute Gasteiger partial charge is 0.124 e. The van der Waals surface area contributed by atoms with Crippen LogP contribution < -0.4 is 0 Å².